The lowest BCUT2D eigenvalue weighted by atomic mass is 9.83. The van der Waals surface area contributed by atoms with Crippen molar-refractivity contribution in [3.05, 3.63) is 35.9 Å². The Hall–Kier alpha value is -1.39. The van der Waals surface area contributed by atoms with Crippen molar-refractivity contribution < 1.29 is 14.3 Å². The van der Waals surface area contributed by atoms with Gasteiger partial charge in [0, 0.05) is 33.2 Å². The molecule has 4 nitrogen and oxygen atoms in total. The molecule has 120 valence electrons. The summed E-state index contributed by atoms with van der Waals surface area (Å²) in [7, 11) is 1.78. The van der Waals surface area contributed by atoms with Gasteiger partial charge in [0.25, 0.3) is 0 Å². The summed E-state index contributed by atoms with van der Waals surface area (Å²) >= 11 is 0. The maximum absolute atomic E-state index is 12.4. The van der Waals surface area contributed by atoms with Gasteiger partial charge in [-0.1, -0.05) is 30.3 Å². The lowest BCUT2D eigenvalue weighted by Crippen LogP contribution is -2.52. The Morgan fingerprint density at radius 2 is 2.05 bits per heavy atom. The number of hydrogen-bond acceptors (Lipinski definition) is 3. The highest BCUT2D eigenvalue weighted by atomic mass is 16.5. The van der Waals surface area contributed by atoms with E-state index >= 15 is 0 Å². The van der Waals surface area contributed by atoms with Crippen LogP contribution < -0.4 is 0 Å². The van der Waals surface area contributed by atoms with Crippen LogP contribution in [0.2, 0.25) is 0 Å². The van der Waals surface area contributed by atoms with E-state index in [4.69, 9.17) is 9.47 Å². The minimum Gasteiger partial charge on any atom is -0.381 e. The highest BCUT2D eigenvalue weighted by Crippen LogP contribution is 2.36. The smallest absolute Gasteiger partial charge is 0.226 e. The molecular weight excluding hydrogens is 278 g/mol. The van der Waals surface area contributed by atoms with Crippen LogP contribution in [0.25, 0.3) is 0 Å². The van der Waals surface area contributed by atoms with E-state index in [1.54, 1.807) is 7.11 Å². The van der Waals surface area contributed by atoms with Crippen molar-refractivity contribution in [2.45, 2.75) is 43.8 Å². The number of hydrogen-bond donors (Lipinski definition) is 0. The summed E-state index contributed by atoms with van der Waals surface area (Å²) in [6.45, 7) is 2.36. The van der Waals surface area contributed by atoms with Gasteiger partial charge in [0.2, 0.25) is 5.91 Å². The molecule has 2 aliphatic heterocycles. The molecule has 2 heterocycles. The fraction of sp³-hybridized carbons (Fsp3) is 0.611. The van der Waals surface area contributed by atoms with Crippen LogP contribution in [0.5, 0.6) is 0 Å². The van der Waals surface area contributed by atoms with Crippen LogP contribution in [0.3, 0.4) is 0 Å². The highest BCUT2D eigenvalue weighted by Gasteiger charge is 2.41. The second-order valence-electron chi connectivity index (χ2n) is 6.43. The van der Waals surface area contributed by atoms with Gasteiger partial charge in [-0.3, -0.25) is 4.79 Å². The van der Waals surface area contributed by atoms with Gasteiger partial charge in [0.1, 0.15) is 0 Å². The van der Waals surface area contributed by atoms with Crippen molar-refractivity contribution in [3.63, 3.8) is 0 Å². The lowest BCUT2D eigenvalue weighted by molar-refractivity contribution is -0.157. The Morgan fingerprint density at radius 3 is 2.73 bits per heavy atom. The van der Waals surface area contributed by atoms with Crippen molar-refractivity contribution in [1.29, 1.82) is 0 Å². The molecule has 2 saturated heterocycles. The monoisotopic (exact) mass is 303 g/mol. The fourth-order valence-corrected chi connectivity index (χ4v) is 3.58. The molecule has 1 atom stereocenters. The third kappa shape index (κ3) is 3.50. The molecule has 1 aromatic carbocycles. The van der Waals surface area contributed by atoms with Crippen molar-refractivity contribution in [2.24, 2.45) is 0 Å². The number of likely N-dealkylation sites (tertiary alicyclic amines) is 1. The van der Waals surface area contributed by atoms with E-state index < -0.39 is 0 Å². The van der Waals surface area contributed by atoms with E-state index in [1.807, 2.05) is 35.2 Å². The standard InChI is InChI=1S/C18H25NO3/c1-21-16-7-12-22-18(14-16)8-10-19(11-9-18)17(20)13-15-5-3-2-4-6-15/h2-6,16H,7-14H2,1H3. The summed E-state index contributed by atoms with van der Waals surface area (Å²) in [6.07, 6.45) is 4.59. The zero-order valence-electron chi connectivity index (χ0n) is 13.3. The van der Waals surface area contributed by atoms with Gasteiger partial charge in [-0.05, 0) is 24.8 Å². The van der Waals surface area contributed by atoms with Crippen molar-refractivity contribution in [2.75, 3.05) is 26.8 Å². The maximum atomic E-state index is 12.4. The van der Waals surface area contributed by atoms with E-state index in [2.05, 4.69) is 0 Å². The molecule has 0 saturated carbocycles. The molecule has 3 rings (SSSR count). The van der Waals surface area contributed by atoms with Crippen LogP contribution in [0.15, 0.2) is 30.3 Å². The number of carbonyl (C=O) groups is 1. The van der Waals surface area contributed by atoms with Crippen LogP contribution in [0, 0.1) is 0 Å². The molecule has 0 radical (unpaired) electrons. The summed E-state index contributed by atoms with van der Waals surface area (Å²) in [4.78, 5) is 14.4. The molecule has 0 N–H and O–H groups in total. The zero-order valence-corrected chi connectivity index (χ0v) is 13.3. The van der Waals surface area contributed by atoms with E-state index in [-0.39, 0.29) is 11.5 Å². The number of rotatable bonds is 3. The van der Waals surface area contributed by atoms with Crippen LogP contribution >= 0.6 is 0 Å². The van der Waals surface area contributed by atoms with Crippen molar-refractivity contribution >= 4 is 5.91 Å². The molecule has 0 aromatic heterocycles. The Labute approximate surface area is 132 Å². The predicted molar refractivity (Wildman–Crippen MR) is 84.7 cm³/mol. The summed E-state index contributed by atoms with van der Waals surface area (Å²) < 4.78 is 11.6. The van der Waals surface area contributed by atoms with Gasteiger partial charge in [-0.15, -0.1) is 0 Å². The summed E-state index contributed by atoms with van der Waals surface area (Å²) in [5.41, 5.74) is 1.02. The summed E-state index contributed by atoms with van der Waals surface area (Å²) in [5, 5.41) is 0. The molecule has 0 aliphatic carbocycles. The number of carbonyl (C=O) groups excluding carboxylic acids is 1. The third-order valence-corrected chi connectivity index (χ3v) is 5.01. The first kappa shape index (κ1) is 15.5. The lowest BCUT2D eigenvalue weighted by Gasteiger charge is -2.45. The number of amides is 1. The van der Waals surface area contributed by atoms with Gasteiger partial charge in [-0.2, -0.15) is 0 Å². The molecule has 2 fully saturated rings. The molecule has 4 heteroatoms. The van der Waals surface area contributed by atoms with E-state index in [1.165, 1.54) is 0 Å². The van der Waals surface area contributed by atoms with E-state index in [0.717, 1.165) is 50.9 Å². The average molecular weight is 303 g/mol. The second-order valence-corrected chi connectivity index (χ2v) is 6.43. The topological polar surface area (TPSA) is 38.8 Å². The number of piperidine rings is 1. The Balaban J connectivity index is 1.54. The SMILES string of the molecule is COC1CCOC2(CCN(C(=O)Cc3ccccc3)CC2)C1. The van der Waals surface area contributed by atoms with E-state index in [0.29, 0.717) is 12.5 Å². The van der Waals surface area contributed by atoms with Crippen molar-refractivity contribution in [3.8, 4) is 0 Å². The number of nitrogens with zero attached hydrogens (tertiary/aromatic N) is 1. The van der Waals surface area contributed by atoms with Crippen LogP contribution in [-0.2, 0) is 20.7 Å². The second kappa shape index (κ2) is 6.80. The first-order valence-corrected chi connectivity index (χ1v) is 8.19. The first-order valence-electron chi connectivity index (χ1n) is 8.19. The zero-order chi connectivity index (χ0) is 15.4. The van der Waals surface area contributed by atoms with Gasteiger partial charge in [0.15, 0.2) is 0 Å². The Morgan fingerprint density at radius 1 is 1.32 bits per heavy atom. The molecule has 22 heavy (non-hydrogen) atoms. The van der Waals surface area contributed by atoms with E-state index in [9.17, 15) is 4.79 Å². The first-order chi connectivity index (χ1) is 10.7. The van der Waals surface area contributed by atoms with Gasteiger partial charge >= 0.3 is 0 Å². The minimum atomic E-state index is -0.0670. The molecule has 1 spiro atoms. The fourth-order valence-electron chi connectivity index (χ4n) is 3.58. The highest BCUT2D eigenvalue weighted by molar-refractivity contribution is 5.78. The van der Waals surface area contributed by atoms with Crippen LogP contribution in [0.4, 0.5) is 0 Å². The maximum Gasteiger partial charge on any atom is 0.226 e. The molecule has 1 amide bonds. The predicted octanol–water partition coefficient (Wildman–Crippen LogP) is 2.42. The number of ether oxygens (including phenoxy) is 2. The average Bonchev–Trinajstić information content (AvgIpc) is 2.56. The summed E-state index contributed by atoms with van der Waals surface area (Å²) in [6, 6.07) is 9.96. The molecular formula is C18H25NO3. The minimum absolute atomic E-state index is 0.0670. The normalized spacial score (nSPS) is 24.4. The van der Waals surface area contributed by atoms with Gasteiger partial charge in [-0.25, -0.2) is 0 Å². The molecule has 1 aromatic rings. The van der Waals surface area contributed by atoms with Crippen molar-refractivity contribution in [1.82, 2.24) is 4.90 Å². The molecule has 2 aliphatic rings. The number of benzene rings is 1. The quantitative estimate of drug-likeness (QED) is 0.861. The molecule has 0 bridgehead atoms. The molecule has 1 unspecified atom stereocenters. The third-order valence-electron chi connectivity index (χ3n) is 5.01. The summed E-state index contributed by atoms with van der Waals surface area (Å²) in [5.74, 6) is 0.222. The Bertz CT molecular complexity index is 494. The van der Waals surface area contributed by atoms with Gasteiger partial charge < -0.3 is 14.4 Å². The van der Waals surface area contributed by atoms with Crippen LogP contribution in [-0.4, -0.2) is 49.3 Å². The van der Waals surface area contributed by atoms with Gasteiger partial charge in [0.05, 0.1) is 18.1 Å². The van der Waals surface area contributed by atoms with Crippen LogP contribution in [0.1, 0.15) is 31.2 Å². The Kier molecular flexibility index (Phi) is 4.79. The number of methoxy groups -OCH3 is 1. The largest absolute Gasteiger partial charge is 0.381 e.